The number of ether oxygens (including phenoxy) is 2. The lowest BCUT2D eigenvalue weighted by atomic mass is 10.0. The molecule has 0 amide bonds. The van der Waals surface area contributed by atoms with E-state index in [1.165, 1.54) is 392 Å². The van der Waals surface area contributed by atoms with Crippen LogP contribution in [-0.2, 0) is 32.7 Å². The summed E-state index contributed by atoms with van der Waals surface area (Å²) >= 11 is 0. The van der Waals surface area contributed by atoms with E-state index >= 15 is 0 Å². The summed E-state index contributed by atoms with van der Waals surface area (Å²) in [6.07, 6.45) is 115. The smallest absolute Gasteiger partial charge is 0.306 e. The molecule has 2 unspecified atom stereocenters. The monoisotopic (exact) mass is 1480 g/mol. The van der Waals surface area contributed by atoms with Crippen LogP contribution in [0.5, 0.6) is 0 Å². The number of carbonyl (C=O) groups is 2. The number of carbonyl (C=O) groups excluding carboxylic acids is 2. The predicted molar refractivity (Wildman–Crippen MR) is 453 cm³/mol. The van der Waals surface area contributed by atoms with Crippen molar-refractivity contribution in [2.24, 2.45) is 0 Å². The molecular formula is C94H178NO8P. The lowest BCUT2D eigenvalue weighted by molar-refractivity contribution is -0.870. The summed E-state index contributed by atoms with van der Waals surface area (Å²) in [4.78, 5) is 38.3. The molecule has 10 heteroatoms. The van der Waals surface area contributed by atoms with Gasteiger partial charge < -0.3 is 27.9 Å². The van der Waals surface area contributed by atoms with E-state index in [0.717, 1.165) is 51.4 Å². The minimum atomic E-state index is -4.65. The SMILES string of the molecule is CCCCCCC/C=C\C/C=C\C/C=C\CCCCCCCCCCCCCCCCCCCCCCCCCCC(=O)OC(COC(=O)CCCCCCCCCCCCCCCCCCCCCCCCCCCCCCC/C=C\C/C=C\CCCCCCC)COP(=O)([O-])OCC[N+](C)(C)C. The number of rotatable bonds is 87. The van der Waals surface area contributed by atoms with Crippen molar-refractivity contribution in [3.8, 4) is 0 Å². The highest BCUT2D eigenvalue weighted by Crippen LogP contribution is 2.38. The molecule has 0 N–H and O–H groups in total. The molecule has 2 atom stereocenters. The highest BCUT2D eigenvalue weighted by Gasteiger charge is 2.22. The summed E-state index contributed by atoms with van der Waals surface area (Å²) in [5, 5.41) is 0. The minimum Gasteiger partial charge on any atom is -0.756 e. The first-order valence-corrected chi connectivity index (χ1v) is 47.5. The fourth-order valence-corrected chi connectivity index (χ4v) is 14.7. The van der Waals surface area contributed by atoms with E-state index in [9.17, 15) is 19.0 Å². The molecule has 0 fully saturated rings. The van der Waals surface area contributed by atoms with Crippen LogP contribution in [-0.4, -0.2) is 70.0 Å². The van der Waals surface area contributed by atoms with Crippen LogP contribution in [0, 0.1) is 0 Å². The van der Waals surface area contributed by atoms with Crippen LogP contribution in [0.1, 0.15) is 476 Å². The van der Waals surface area contributed by atoms with Gasteiger partial charge in [0.15, 0.2) is 6.10 Å². The van der Waals surface area contributed by atoms with Crippen LogP contribution in [0.15, 0.2) is 60.8 Å². The Morgan fingerprint density at radius 1 is 0.298 bits per heavy atom. The van der Waals surface area contributed by atoms with Crippen LogP contribution in [0.4, 0.5) is 0 Å². The van der Waals surface area contributed by atoms with Gasteiger partial charge in [0, 0.05) is 12.8 Å². The molecule has 612 valence electrons. The fraction of sp³-hybridized carbons (Fsp3) is 0.872. The van der Waals surface area contributed by atoms with Crippen molar-refractivity contribution >= 4 is 19.8 Å². The molecule has 9 nitrogen and oxygen atoms in total. The van der Waals surface area contributed by atoms with E-state index in [2.05, 4.69) is 74.6 Å². The molecule has 0 aliphatic heterocycles. The summed E-state index contributed by atoms with van der Waals surface area (Å²) in [7, 11) is 1.19. The van der Waals surface area contributed by atoms with Gasteiger partial charge in [0.1, 0.15) is 19.8 Å². The average Bonchev–Trinajstić information content (AvgIpc) is 0.915. The standard InChI is InChI=1S/C94H178NO8P/c1-6-8-10-12-14-16-18-20-22-24-26-28-30-32-34-36-38-40-42-44-46-47-49-50-52-54-56-58-60-62-64-66-68-70-72-74-76-78-80-82-84-86-93(96)100-90-92(91-102-104(98,99)101-89-88-95(3,4)5)103-94(97)87-85-83-81-79-77-75-73-71-69-67-65-63-61-59-57-55-53-51-48-45-43-41-39-37-35-33-31-29-27-25-23-21-19-17-15-13-11-9-7-2/h18-21,24-27,31,33,92H,6-17,22-23,28-30,32,34-91H2,1-5H3/b20-18-,21-19-,26-24-,27-25-,33-31-. The Labute approximate surface area is 648 Å². The van der Waals surface area contributed by atoms with Gasteiger partial charge in [0.2, 0.25) is 0 Å². The van der Waals surface area contributed by atoms with E-state index in [0.29, 0.717) is 17.4 Å². The van der Waals surface area contributed by atoms with Crippen LogP contribution >= 0.6 is 7.82 Å². The topological polar surface area (TPSA) is 111 Å². The molecule has 0 rings (SSSR count). The Balaban J connectivity index is 3.83. The number of allylic oxidation sites excluding steroid dienone is 10. The van der Waals surface area contributed by atoms with E-state index in [-0.39, 0.29) is 32.0 Å². The molecule has 0 saturated heterocycles. The molecule has 0 aliphatic rings. The number of phosphoric acid groups is 1. The largest absolute Gasteiger partial charge is 0.756 e. The van der Waals surface area contributed by atoms with Gasteiger partial charge >= 0.3 is 11.9 Å². The molecule has 0 radical (unpaired) electrons. The number of likely N-dealkylation sites (N-methyl/N-ethyl adjacent to an activating group) is 1. The number of nitrogens with zero attached hydrogens (tertiary/aromatic N) is 1. The summed E-state index contributed by atoms with van der Waals surface area (Å²) in [5.74, 6) is -0.805. The Morgan fingerprint density at radius 2 is 0.519 bits per heavy atom. The van der Waals surface area contributed by atoms with Crippen molar-refractivity contribution in [1.29, 1.82) is 0 Å². The number of hydrogen-bond acceptors (Lipinski definition) is 8. The molecule has 0 spiro atoms. The highest BCUT2D eigenvalue weighted by atomic mass is 31.2. The van der Waals surface area contributed by atoms with Gasteiger partial charge in [-0.15, -0.1) is 0 Å². The van der Waals surface area contributed by atoms with E-state index < -0.39 is 26.5 Å². The van der Waals surface area contributed by atoms with Gasteiger partial charge in [-0.1, -0.05) is 441 Å². The lowest BCUT2D eigenvalue weighted by Gasteiger charge is -2.28. The number of hydrogen-bond donors (Lipinski definition) is 0. The van der Waals surface area contributed by atoms with Gasteiger partial charge in [0.25, 0.3) is 7.82 Å². The first kappa shape index (κ1) is 102. The molecule has 104 heavy (non-hydrogen) atoms. The van der Waals surface area contributed by atoms with E-state index in [1.807, 2.05) is 21.1 Å². The number of unbranched alkanes of at least 4 members (excludes halogenated alkanes) is 63. The third-order valence-electron chi connectivity index (χ3n) is 21.0. The highest BCUT2D eigenvalue weighted by molar-refractivity contribution is 7.45. The van der Waals surface area contributed by atoms with Crippen LogP contribution < -0.4 is 4.89 Å². The summed E-state index contributed by atoms with van der Waals surface area (Å²) < 4.78 is 34.5. The molecule has 0 bridgehead atoms. The van der Waals surface area contributed by atoms with Crippen LogP contribution in [0.3, 0.4) is 0 Å². The third-order valence-corrected chi connectivity index (χ3v) is 22.0. The Morgan fingerprint density at radius 3 is 0.769 bits per heavy atom. The maximum absolute atomic E-state index is 12.9. The van der Waals surface area contributed by atoms with Crippen molar-refractivity contribution < 1.29 is 42.1 Å². The normalized spacial score (nSPS) is 13.2. The van der Waals surface area contributed by atoms with Crippen LogP contribution in [0.2, 0.25) is 0 Å². The molecular weight excluding hydrogens is 1300 g/mol. The van der Waals surface area contributed by atoms with Gasteiger partial charge in [-0.25, -0.2) is 0 Å². The summed E-state index contributed by atoms with van der Waals surface area (Å²) in [5.41, 5.74) is 0. The summed E-state index contributed by atoms with van der Waals surface area (Å²) in [6.45, 7) is 4.30. The minimum absolute atomic E-state index is 0.0276. The lowest BCUT2D eigenvalue weighted by Crippen LogP contribution is -2.37. The number of esters is 2. The maximum atomic E-state index is 12.9. The van der Waals surface area contributed by atoms with E-state index in [4.69, 9.17) is 18.5 Å². The first-order valence-electron chi connectivity index (χ1n) is 46.0. The van der Waals surface area contributed by atoms with Crippen molar-refractivity contribution in [3.05, 3.63) is 60.8 Å². The molecule has 0 aromatic carbocycles. The zero-order valence-corrected chi connectivity index (χ0v) is 71.1. The van der Waals surface area contributed by atoms with Crippen molar-refractivity contribution in [2.45, 2.75) is 482 Å². The fourth-order valence-electron chi connectivity index (χ4n) is 14.0. The third kappa shape index (κ3) is 88.6. The maximum Gasteiger partial charge on any atom is 0.306 e. The van der Waals surface area contributed by atoms with Crippen molar-refractivity contribution in [2.75, 3.05) is 47.5 Å². The number of phosphoric ester groups is 1. The quantitative estimate of drug-likeness (QED) is 0.0195. The number of quaternary nitrogens is 1. The molecule has 0 aromatic heterocycles. The summed E-state index contributed by atoms with van der Waals surface area (Å²) in [6, 6.07) is 0. The molecule has 0 aromatic rings. The molecule has 0 heterocycles. The predicted octanol–water partition coefficient (Wildman–Crippen LogP) is 30.6. The molecule has 0 saturated carbocycles. The van der Waals surface area contributed by atoms with Crippen molar-refractivity contribution in [3.63, 3.8) is 0 Å². The van der Waals surface area contributed by atoms with Gasteiger partial charge in [-0.2, -0.15) is 0 Å². The van der Waals surface area contributed by atoms with Crippen LogP contribution in [0.25, 0.3) is 0 Å². The zero-order valence-electron chi connectivity index (χ0n) is 70.3. The van der Waals surface area contributed by atoms with Gasteiger partial charge in [0.05, 0.1) is 27.7 Å². The zero-order chi connectivity index (χ0) is 75.4. The Hall–Kier alpha value is -2.29. The molecule has 0 aliphatic carbocycles. The van der Waals surface area contributed by atoms with Gasteiger partial charge in [-0.05, 0) is 83.5 Å². The van der Waals surface area contributed by atoms with E-state index in [1.54, 1.807) is 0 Å². The average molecular weight is 1480 g/mol. The van der Waals surface area contributed by atoms with Crippen molar-refractivity contribution in [1.82, 2.24) is 0 Å². The second kappa shape index (κ2) is 84.7. The Kier molecular flexibility index (Phi) is 82.9. The van der Waals surface area contributed by atoms with Gasteiger partial charge in [-0.3, -0.25) is 14.2 Å². The Bertz CT molecular complexity index is 1940. The first-order chi connectivity index (χ1) is 51.0. The second-order valence-electron chi connectivity index (χ2n) is 32.7. The second-order valence-corrected chi connectivity index (χ2v) is 34.1.